The number of hydrogen-bond donors (Lipinski definition) is 2. The van der Waals surface area contributed by atoms with Gasteiger partial charge in [0.1, 0.15) is 11.7 Å². The van der Waals surface area contributed by atoms with Gasteiger partial charge in [-0.2, -0.15) is 0 Å². The smallest absolute Gasteiger partial charge is 0.128 e. The minimum atomic E-state index is -0.875. The first-order valence-corrected chi connectivity index (χ1v) is 7.94. The molecular formula is C17H24N4O2. The van der Waals surface area contributed by atoms with Crippen LogP contribution >= 0.6 is 0 Å². The summed E-state index contributed by atoms with van der Waals surface area (Å²) in [4.78, 5) is 11.5. The van der Waals surface area contributed by atoms with Crippen molar-refractivity contribution in [3.63, 3.8) is 0 Å². The molecule has 3 rings (SSSR count). The minimum absolute atomic E-state index is 0.206. The van der Waals surface area contributed by atoms with Crippen LogP contribution in [0.2, 0.25) is 0 Å². The molecule has 0 fully saturated rings. The van der Waals surface area contributed by atoms with E-state index < -0.39 is 11.1 Å². The summed E-state index contributed by atoms with van der Waals surface area (Å²) in [6.45, 7) is 7.05. The van der Waals surface area contributed by atoms with Crippen molar-refractivity contribution in [1.29, 1.82) is 0 Å². The van der Waals surface area contributed by atoms with E-state index in [0.29, 0.717) is 25.5 Å². The molecule has 124 valence electrons. The van der Waals surface area contributed by atoms with Gasteiger partial charge in [0, 0.05) is 19.4 Å². The van der Waals surface area contributed by atoms with Crippen LogP contribution in [0.4, 0.5) is 0 Å². The maximum Gasteiger partial charge on any atom is 0.128 e. The van der Waals surface area contributed by atoms with E-state index in [1.165, 1.54) is 0 Å². The summed E-state index contributed by atoms with van der Waals surface area (Å²) in [5.41, 5.74) is 7.01. The second-order valence-corrected chi connectivity index (χ2v) is 6.64. The molecule has 0 aromatic rings. The Balaban J connectivity index is 2.07. The standard InChI is InChI=1S/C17H24N4O2/c1-4-23-10-14-20-15-12(18)6-7-13-17(15,8-5-9-19-13)21(14)11-16(2,3)22/h5-9,14,22H,4,10-11,18H2,1-3H3. The summed E-state index contributed by atoms with van der Waals surface area (Å²) >= 11 is 0. The fraction of sp³-hybridized carbons (Fsp3) is 0.529. The molecule has 3 aliphatic rings. The van der Waals surface area contributed by atoms with Gasteiger partial charge in [-0.05, 0) is 39.0 Å². The predicted molar refractivity (Wildman–Crippen MR) is 91.4 cm³/mol. The van der Waals surface area contributed by atoms with Gasteiger partial charge in [0.2, 0.25) is 0 Å². The molecule has 6 heteroatoms. The second-order valence-electron chi connectivity index (χ2n) is 6.64. The molecule has 0 amide bonds. The Kier molecular flexibility index (Phi) is 4.00. The third kappa shape index (κ3) is 2.67. The van der Waals surface area contributed by atoms with Crippen molar-refractivity contribution in [1.82, 2.24) is 4.90 Å². The molecule has 0 bridgehead atoms. The number of aliphatic imine (C=N–C) groups is 2. The van der Waals surface area contributed by atoms with Crippen molar-refractivity contribution in [2.45, 2.75) is 38.1 Å². The van der Waals surface area contributed by atoms with Gasteiger partial charge in [-0.3, -0.25) is 14.9 Å². The zero-order valence-corrected chi connectivity index (χ0v) is 13.9. The molecule has 0 aromatic carbocycles. The van der Waals surface area contributed by atoms with Gasteiger partial charge in [-0.1, -0.05) is 6.08 Å². The van der Waals surface area contributed by atoms with Crippen LogP contribution in [-0.2, 0) is 4.74 Å². The molecule has 0 radical (unpaired) electrons. The van der Waals surface area contributed by atoms with E-state index in [0.717, 1.165) is 11.4 Å². The van der Waals surface area contributed by atoms with Crippen molar-refractivity contribution >= 4 is 11.9 Å². The number of nitrogens with zero attached hydrogens (tertiary/aromatic N) is 3. The van der Waals surface area contributed by atoms with Crippen LogP contribution in [0.1, 0.15) is 20.8 Å². The third-order valence-corrected chi connectivity index (χ3v) is 4.20. The molecule has 0 saturated carbocycles. The Labute approximate surface area is 136 Å². The highest BCUT2D eigenvalue weighted by Crippen LogP contribution is 2.42. The maximum atomic E-state index is 10.4. The van der Waals surface area contributed by atoms with E-state index in [1.807, 2.05) is 25.2 Å². The molecule has 2 aliphatic heterocycles. The average Bonchev–Trinajstić information content (AvgIpc) is 2.79. The summed E-state index contributed by atoms with van der Waals surface area (Å²) in [6, 6.07) is 0. The molecule has 2 heterocycles. The lowest BCUT2D eigenvalue weighted by Gasteiger charge is -2.43. The number of dihydropyridines is 1. The number of allylic oxidation sites excluding steroid dienone is 3. The van der Waals surface area contributed by atoms with Crippen molar-refractivity contribution < 1.29 is 9.84 Å². The van der Waals surface area contributed by atoms with Crippen LogP contribution in [0.5, 0.6) is 0 Å². The Morgan fingerprint density at radius 2 is 2.22 bits per heavy atom. The van der Waals surface area contributed by atoms with Gasteiger partial charge < -0.3 is 15.6 Å². The number of hydrogen-bond acceptors (Lipinski definition) is 6. The minimum Gasteiger partial charge on any atom is -0.397 e. The zero-order chi connectivity index (χ0) is 16.7. The number of ether oxygens (including phenoxy) is 1. The highest BCUT2D eigenvalue weighted by Gasteiger charge is 2.54. The van der Waals surface area contributed by atoms with E-state index >= 15 is 0 Å². The fourth-order valence-electron chi connectivity index (χ4n) is 3.33. The fourth-order valence-corrected chi connectivity index (χ4v) is 3.33. The van der Waals surface area contributed by atoms with E-state index in [2.05, 4.69) is 16.0 Å². The molecule has 2 unspecified atom stereocenters. The Morgan fingerprint density at radius 1 is 1.43 bits per heavy atom. The monoisotopic (exact) mass is 316 g/mol. The lowest BCUT2D eigenvalue weighted by atomic mass is 9.81. The molecule has 1 aliphatic carbocycles. The third-order valence-electron chi connectivity index (χ3n) is 4.20. The normalized spacial score (nSPS) is 29.7. The number of nitrogens with two attached hydrogens (primary N) is 1. The lowest BCUT2D eigenvalue weighted by Crippen LogP contribution is -2.59. The highest BCUT2D eigenvalue weighted by atomic mass is 16.5. The molecule has 2 atom stereocenters. The van der Waals surface area contributed by atoms with Crippen molar-refractivity contribution in [2.75, 3.05) is 19.8 Å². The first-order chi connectivity index (χ1) is 10.9. The quantitative estimate of drug-likeness (QED) is 0.792. The van der Waals surface area contributed by atoms with Crippen LogP contribution < -0.4 is 5.73 Å². The van der Waals surface area contributed by atoms with Gasteiger partial charge in [0.15, 0.2) is 0 Å². The molecule has 23 heavy (non-hydrogen) atoms. The molecule has 6 nitrogen and oxygen atoms in total. The lowest BCUT2D eigenvalue weighted by molar-refractivity contribution is -0.00834. The van der Waals surface area contributed by atoms with Gasteiger partial charge in [0.25, 0.3) is 0 Å². The SMILES string of the molecule is CCOCC1N=C2C(N)=CC=C3N=CC=CC32N1CC(C)(C)O. The van der Waals surface area contributed by atoms with Crippen molar-refractivity contribution in [3.05, 3.63) is 35.7 Å². The summed E-state index contributed by atoms with van der Waals surface area (Å²) in [6.07, 6.45) is 9.29. The van der Waals surface area contributed by atoms with Gasteiger partial charge in [-0.25, -0.2) is 0 Å². The van der Waals surface area contributed by atoms with E-state index in [9.17, 15) is 5.11 Å². The first-order valence-electron chi connectivity index (χ1n) is 7.94. The Morgan fingerprint density at radius 3 is 2.91 bits per heavy atom. The summed E-state index contributed by atoms with van der Waals surface area (Å²) < 4.78 is 5.61. The average molecular weight is 316 g/mol. The van der Waals surface area contributed by atoms with E-state index in [1.54, 1.807) is 20.1 Å². The highest BCUT2D eigenvalue weighted by molar-refractivity contribution is 6.13. The van der Waals surface area contributed by atoms with E-state index in [-0.39, 0.29) is 6.17 Å². The van der Waals surface area contributed by atoms with Crippen LogP contribution in [0.25, 0.3) is 0 Å². The van der Waals surface area contributed by atoms with Gasteiger partial charge in [0.05, 0.1) is 29.3 Å². The Hall–Kier alpha value is -1.76. The number of rotatable bonds is 5. The van der Waals surface area contributed by atoms with Crippen LogP contribution in [0.15, 0.2) is 45.7 Å². The van der Waals surface area contributed by atoms with Crippen LogP contribution in [-0.4, -0.2) is 59.0 Å². The predicted octanol–water partition coefficient (Wildman–Crippen LogP) is 0.996. The molecule has 3 N–H and O–H groups in total. The number of β-amino-alcohol motifs (C(OH)–C–C–N with tert-alkyl or cyclic N) is 1. The van der Waals surface area contributed by atoms with Crippen molar-refractivity contribution in [3.8, 4) is 0 Å². The first kappa shape index (κ1) is 16.1. The summed E-state index contributed by atoms with van der Waals surface area (Å²) in [7, 11) is 0. The summed E-state index contributed by atoms with van der Waals surface area (Å²) in [5.74, 6) is 0. The molecule has 0 saturated heterocycles. The van der Waals surface area contributed by atoms with Crippen LogP contribution in [0.3, 0.4) is 0 Å². The van der Waals surface area contributed by atoms with E-state index in [4.69, 9.17) is 15.5 Å². The van der Waals surface area contributed by atoms with Crippen LogP contribution in [0, 0.1) is 0 Å². The Bertz CT molecular complexity index is 639. The van der Waals surface area contributed by atoms with Gasteiger partial charge in [-0.15, -0.1) is 0 Å². The summed E-state index contributed by atoms with van der Waals surface area (Å²) in [5, 5.41) is 10.4. The molecule has 0 aromatic heterocycles. The van der Waals surface area contributed by atoms with Gasteiger partial charge >= 0.3 is 0 Å². The number of aliphatic hydroxyl groups is 1. The zero-order valence-electron chi connectivity index (χ0n) is 13.9. The molecule has 1 spiro atoms. The maximum absolute atomic E-state index is 10.4. The largest absolute Gasteiger partial charge is 0.397 e. The second kappa shape index (κ2) is 5.70. The van der Waals surface area contributed by atoms with Crippen molar-refractivity contribution in [2.24, 2.45) is 15.7 Å². The molecular weight excluding hydrogens is 292 g/mol. The topological polar surface area (TPSA) is 83.4 Å².